The lowest BCUT2D eigenvalue weighted by Crippen LogP contribution is -2.27. The average molecular weight is 280 g/mol. The summed E-state index contributed by atoms with van der Waals surface area (Å²) in [6.45, 7) is 1.13. The van der Waals surface area contributed by atoms with Gasteiger partial charge in [0.2, 0.25) is 10.0 Å². The molecule has 0 amide bonds. The highest BCUT2D eigenvalue weighted by atomic mass is 32.2. The minimum Gasteiger partial charge on any atom is -0.545 e. The summed E-state index contributed by atoms with van der Waals surface area (Å²) in [4.78, 5) is 10.5. The number of carboxylic acid groups (broad SMARTS) is 1. The molecule has 19 heavy (non-hydrogen) atoms. The fraction of sp³-hybridized carbons (Fsp3) is 0.308. The summed E-state index contributed by atoms with van der Waals surface area (Å²) in [5, 5.41) is 10.3. The van der Waals surface area contributed by atoms with E-state index in [4.69, 9.17) is 0 Å². The Balaban J connectivity index is 2.20. The first-order chi connectivity index (χ1) is 9.00. The molecule has 0 bridgehead atoms. The predicted octanol–water partition coefficient (Wildman–Crippen LogP) is 0.234. The van der Waals surface area contributed by atoms with Crippen LogP contribution >= 0.6 is 0 Å². The van der Waals surface area contributed by atoms with Gasteiger partial charge in [-0.3, -0.25) is 0 Å². The fourth-order valence-electron chi connectivity index (χ4n) is 1.99. The molecule has 0 aromatic heterocycles. The van der Waals surface area contributed by atoms with E-state index in [2.05, 4.69) is 0 Å². The Kier molecular flexibility index (Phi) is 4.01. The molecule has 1 aliphatic rings. The Labute approximate surface area is 112 Å². The lowest BCUT2D eigenvalue weighted by Gasteiger charge is -2.15. The molecule has 1 saturated heterocycles. The molecule has 1 aromatic carbocycles. The lowest BCUT2D eigenvalue weighted by atomic mass is 10.2. The molecule has 0 spiro atoms. The quantitative estimate of drug-likeness (QED) is 0.740. The first kappa shape index (κ1) is 13.8. The number of benzene rings is 1. The topological polar surface area (TPSA) is 77.5 Å². The van der Waals surface area contributed by atoms with Crippen LogP contribution in [0.15, 0.2) is 35.2 Å². The molecule has 1 fully saturated rings. The van der Waals surface area contributed by atoms with Crippen molar-refractivity contribution >= 4 is 22.1 Å². The lowest BCUT2D eigenvalue weighted by molar-refractivity contribution is -0.297. The van der Waals surface area contributed by atoms with Gasteiger partial charge in [-0.2, -0.15) is 4.31 Å². The fourth-order valence-corrected chi connectivity index (χ4v) is 3.51. The molecular weight excluding hydrogens is 266 g/mol. The van der Waals surface area contributed by atoms with Crippen LogP contribution < -0.4 is 5.11 Å². The predicted molar refractivity (Wildman–Crippen MR) is 68.5 cm³/mol. The second kappa shape index (κ2) is 5.54. The second-order valence-corrected chi connectivity index (χ2v) is 6.27. The normalized spacial score (nSPS) is 17.1. The number of carbonyl (C=O) groups is 1. The molecular formula is C13H14NO4S-. The summed E-state index contributed by atoms with van der Waals surface area (Å²) in [7, 11) is -3.41. The molecule has 1 aliphatic heterocycles. The summed E-state index contributed by atoms with van der Waals surface area (Å²) in [6.07, 6.45) is 4.06. The van der Waals surface area contributed by atoms with Crippen molar-refractivity contribution in [1.29, 1.82) is 0 Å². The molecule has 1 aromatic rings. The van der Waals surface area contributed by atoms with Crippen molar-refractivity contribution in [3.05, 3.63) is 35.9 Å². The van der Waals surface area contributed by atoms with Gasteiger partial charge in [-0.15, -0.1) is 0 Å². The molecule has 0 unspecified atom stereocenters. The van der Waals surface area contributed by atoms with Gasteiger partial charge >= 0.3 is 0 Å². The number of aliphatic carboxylic acids is 1. The van der Waals surface area contributed by atoms with Crippen LogP contribution in [0.3, 0.4) is 0 Å². The third-order valence-corrected chi connectivity index (χ3v) is 4.91. The highest BCUT2D eigenvalue weighted by Gasteiger charge is 2.26. The van der Waals surface area contributed by atoms with Crippen molar-refractivity contribution in [2.24, 2.45) is 0 Å². The van der Waals surface area contributed by atoms with E-state index in [1.165, 1.54) is 22.5 Å². The average Bonchev–Trinajstić information content (AvgIpc) is 2.91. The van der Waals surface area contributed by atoms with E-state index >= 15 is 0 Å². The van der Waals surface area contributed by atoms with Crippen LogP contribution in [0.1, 0.15) is 18.4 Å². The number of sulfonamides is 1. The van der Waals surface area contributed by atoms with E-state index in [1.54, 1.807) is 12.1 Å². The molecule has 0 saturated carbocycles. The van der Waals surface area contributed by atoms with E-state index < -0.39 is 16.0 Å². The van der Waals surface area contributed by atoms with Gasteiger partial charge in [-0.1, -0.05) is 18.2 Å². The van der Waals surface area contributed by atoms with Gasteiger partial charge in [0.05, 0.1) is 10.9 Å². The minimum absolute atomic E-state index is 0.236. The van der Waals surface area contributed by atoms with E-state index in [1.807, 2.05) is 0 Å². The number of rotatable bonds is 4. The van der Waals surface area contributed by atoms with Gasteiger partial charge in [0.15, 0.2) is 0 Å². The van der Waals surface area contributed by atoms with E-state index in [0.29, 0.717) is 18.7 Å². The van der Waals surface area contributed by atoms with Gasteiger partial charge in [-0.05, 0) is 36.6 Å². The van der Waals surface area contributed by atoms with E-state index in [-0.39, 0.29) is 4.90 Å². The standard InChI is InChI=1S/C13H15NO4S/c15-13(16)8-5-11-3-6-12(7-4-11)19(17,18)14-9-1-2-10-14/h3-8H,1-2,9-10H2,(H,15,16)/p-1. The number of nitrogens with zero attached hydrogens (tertiary/aromatic N) is 1. The monoisotopic (exact) mass is 280 g/mol. The smallest absolute Gasteiger partial charge is 0.243 e. The third-order valence-electron chi connectivity index (χ3n) is 2.99. The van der Waals surface area contributed by atoms with Crippen molar-refractivity contribution in [1.82, 2.24) is 4.31 Å². The Hall–Kier alpha value is -1.66. The van der Waals surface area contributed by atoms with Gasteiger partial charge < -0.3 is 9.90 Å². The molecule has 0 radical (unpaired) electrons. The zero-order valence-electron chi connectivity index (χ0n) is 10.3. The molecule has 0 N–H and O–H groups in total. The largest absolute Gasteiger partial charge is 0.545 e. The third kappa shape index (κ3) is 3.21. The van der Waals surface area contributed by atoms with Crippen LogP contribution in [0.4, 0.5) is 0 Å². The molecule has 2 rings (SSSR count). The van der Waals surface area contributed by atoms with Crippen LogP contribution in [-0.4, -0.2) is 31.8 Å². The Morgan fingerprint density at radius 2 is 1.74 bits per heavy atom. The molecule has 1 heterocycles. The maximum atomic E-state index is 12.2. The molecule has 102 valence electrons. The Bertz CT molecular complexity index is 584. The number of hydrogen-bond acceptors (Lipinski definition) is 4. The van der Waals surface area contributed by atoms with Crippen molar-refractivity contribution in [2.45, 2.75) is 17.7 Å². The van der Waals surface area contributed by atoms with Crippen LogP contribution in [0, 0.1) is 0 Å². The van der Waals surface area contributed by atoms with Gasteiger partial charge in [-0.25, -0.2) is 8.42 Å². The zero-order valence-corrected chi connectivity index (χ0v) is 11.1. The number of carboxylic acids is 1. The summed E-state index contributed by atoms with van der Waals surface area (Å²) < 4.78 is 25.9. The van der Waals surface area contributed by atoms with Crippen LogP contribution in [0.25, 0.3) is 6.08 Å². The Morgan fingerprint density at radius 1 is 1.16 bits per heavy atom. The number of hydrogen-bond donors (Lipinski definition) is 0. The Morgan fingerprint density at radius 3 is 2.26 bits per heavy atom. The van der Waals surface area contributed by atoms with Gasteiger partial charge in [0.25, 0.3) is 0 Å². The first-order valence-corrected chi connectivity index (χ1v) is 7.43. The maximum Gasteiger partial charge on any atom is 0.243 e. The van der Waals surface area contributed by atoms with Crippen molar-refractivity contribution in [3.63, 3.8) is 0 Å². The summed E-state index contributed by atoms with van der Waals surface area (Å²) >= 11 is 0. The number of carbonyl (C=O) groups excluding carboxylic acids is 1. The molecule has 6 heteroatoms. The molecule has 0 aliphatic carbocycles. The highest BCUT2D eigenvalue weighted by Crippen LogP contribution is 2.21. The highest BCUT2D eigenvalue weighted by molar-refractivity contribution is 7.89. The molecule has 0 atom stereocenters. The van der Waals surface area contributed by atoms with Crippen molar-refractivity contribution in [3.8, 4) is 0 Å². The van der Waals surface area contributed by atoms with Gasteiger partial charge in [0.1, 0.15) is 0 Å². The van der Waals surface area contributed by atoms with Crippen LogP contribution in [0.2, 0.25) is 0 Å². The van der Waals surface area contributed by atoms with Crippen molar-refractivity contribution in [2.75, 3.05) is 13.1 Å². The van der Waals surface area contributed by atoms with Crippen molar-refractivity contribution < 1.29 is 18.3 Å². The maximum absolute atomic E-state index is 12.2. The molecule has 5 nitrogen and oxygen atoms in total. The van der Waals surface area contributed by atoms with Crippen LogP contribution in [0.5, 0.6) is 0 Å². The summed E-state index contributed by atoms with van der Waals surface area (Å²) in [6, 6.07) is 6.12. The summed E-state index contributed by atoms with van der Waals surface area (Å²) in [5.41, 5.74) is 0.615. The minimum atomic E-state index is -3.41. The van der Waals surface area contributed by atoms with Crippen LogP contribution in [-0.2, 0) is 14.8 Å². The summed E-state index contributed by atoms with van der Waals surface area (Å²) in [5.74, 6) is -1.28. The first-order valence-electron chi connectivity index (χ1n) is 5.99. The van der Waals surface area contributed by atoms with E-state index in [9.17, 15) is 18.3 Å². The SMILES string of the molecule is O=C([O-])C=Cc1ccc(S(=O)(=O)N2CCCC2)cc1. The van der Waals surface area contributed by atoms with Gasteiger partial charge in [0, 0.05) is 13.1 Å². The second-order valence-electron chi connectivity index (χ2n) is 4.33. The zero-order chi connectivity index (χ0) is 13.9. The van der Waals surface area contributed by atoms with E-state index in [0.717, 1.165) is 18.9 Å².